The van der Waals surface area contributed by atoms with Crippen molar-refractivity contribution in [2.45, 2.75) is 31.2 Å². The molecule has 0 heterocycles. The molecular formula is C16H19NO3S. The van der Waals surface area contributed by atoms with Crippen molar-refractivity contribution in [3.8, 4) is 5.75 Å². The summed E-state index contributed by atoms with van der Waals surface area (Å²) in [5, 5.41) is 9.62. The van der Waals surface area contributed by atoms with E-state index < -0.39 is 10.0 Å². The van der Waals surface area contributed by atoms with Crippen LogP contribution in [0.4, 0.5) is 0 Å². The number of nitrogens with one attached hydrogen (secondary N) is 1. The molecule has 0 aromatic heterocycles. The third kappa shape index (κ3) is 3.83. The minimum absolute atomic E-state index is 0.108. The van der Waals surface area contributed by atoms with E-state index in [0.717, 1.165) is 5.56 Å². The largest absolute Gasteiger partial charge is 0.507 e. The van der Waals surface area contributed by atoms with Crippen LogP contribution in [0.15, 0.2) is 53.4 Å². The Labute approximate surface area is 125 Å². The highest BCUT2D eigenvalue weighted by atomic mass is 32.2. The van der Waals surface area contributed by atoms with Gasteiger partial charge in [-0.05, 0) is 29.2 Å². The van der Waals surface area contributed by atoms with E-state index in [-0.39, 0.29) is 17.2 Å². The SMILES string of the molecule is CC(C)c1ccc(CNS(=O)(=O)c2ccccc2O)cc1. The smallest absolute Gasteiger partial charge is 0.244 e. The van der Waals surface area contributed by atoms with Gasteiger partial charge in [0.2, 0.25) is 10.0 Å². The Bertz CT molecular complexity index is 707. The Kier molecular flexibility index (Phi) is 4.65. The van der Waals surface area contributed by atoms with Gasteiger partial charge in [0, 0.05) is 6.54 Å². The maximum atomic E-state index is 12.1. The summed E-state index contributed by atoms with van der Waals surface area (Å²) in [4.78, 5) is -0.108. The first kappa shape index (κ1) is 15.5. The van der Waals surface area contributed by atoms with Gasteiger partial charge in [0.25, 0.3) is 0 Å². The number of phenols is 1. The predicted octanol–water partition coefficient (Wildman–Crippen LogP) is 2.99. The van der Waals surface area contributed by atoms with Crippen LogP contribution < -0.4 is 4.72 Å². The van der Waals surface area contributed by atoms with Crippen molar-refractivity contribution >= 4 is 10.0 Å². The minimum Gasteiger partial charge on any atom is -0.507 e. The Hall–Kier alpha value is -1.85. The summed E-state index contributed by atoms with van der Waals surface area (Å²) in [6.07, 6.45) is 0. The molecule has 0 aliphatic rings. The lowest BCUT2D eigenvalue weighted by molar-refractivity contribution is 0.458. The van der Waals surface area contributed by atoms with Crippen LogP contribution in [-0.4, -0.2) is 13.5 Å². The Morgan fingerprint density at radius 1 is 1.05 bits per heavy atom. The van der Waals surface area contributed by atoms with Crippen LogP contribution in [0.25, 0.3) is 0 Å². The first-order valence-corrected chi connectivity index (χ1v) is 8.25. The van der Waals surface area contributed by atoms with Gasteiger partial charge in [-0.25, -0.2) is 13.1 Å². The summed E-state index contributed by atoms with van der Waals surface area (Å²) < 4.78 is 26.8. The van der Waals surface area contributed by atoms with Crippen molar-refractivity contribution < 1.29 is 13.5 Å². The Morgan fingerprint density at radius 2 is 1.67 bits per heavy atom. The molecule has 0 aliphatic heterocycles. The van der Waals surface area contributed by atoms with Gasteiger partial charge in [-0.3, -0.25) is 0 Å². The lowest BCUT2D eigenvalue weighted by atomic mass is 10.0. The molecule has 0 atom stereocenters. The first-order chi connectivity index (χ1) is 9.90. The number of phenolic OH excluding ortho intramolecular Hbond substituents is 1. The molecule has 2 aromatic rings. The zero-order valence-corrected chi connectivity index (χ0v) is 12.9. The van der Waals surface area contributed by atoms with Crippen LogP contribution in [0, 0.1) is 0 Å². The van der Waals surface area contributed by atoms with Crippen molar-refractivity contribution in [1.82, 2.24) is 4.72 Å². The normalized spacial score (nSPS) is 11.8. The molecular weight excluding hydrogens is 286 g/mol. The molecule has 0 unspecified atom stereocenters. The van der Waals surface area contributed by atoms with Crippen LogP contribution in [0.3, 0.4) is 0 Å². The summed E-state index contributed by atoms with van der Waals surface area (Å²) in [5.41, 5.74) is 2.08. The second-order valence-electron chi connectivity index (χ2n) is 5.19. The van der Waals surface area contributed by atoms with Crippen LogP contribution in [-0.2, 0) is 16.6 Å². The van der Waals surface area contributed by atoms with Gasteiger partial charge in [-0.2, -0.15) is 0 Å². The average Bonchev–Trinajstić information content (AvgIpc) is 2.46. The molecule has 21 heavy (non-hydrogen) atoms. The maximum absolute atomic E-state index is 12.1. The molecule has 0 aliphatic carbocycles. The highest BCUT2D eigenvalue weighted by molar-refractivity contribution is 7.89. The third-order valence-corrected chi connectivity index (χ3v) is 4.72. The molecule has 0 saturated carbocycles. The van der Waals surface area contributed by atoms with Crippen LogP contribution in [0.1, 0.15) is 30.9 Å². The molecule has 0 amide bonds. The van der Waals surface area contributed by atoms with Crippen LogP contribution in [0.5, 0.6) is 5.75 Å². The Balaban J connectivity index is 2.10. The van der Waals surface area contributed by atoms with E-state index in [9.17, 15) is 13.5 Å². The van der Waals surface area contributed by atoms with Gasteiger partial charge < -0.3 is 5.11 Å². The van der Waals surface area contributed by atoms with Crippen molar-refractivity contribution in [3.05, 3.63) is 59.7 Å². The summed E-state index contributed by atoms with van der Waals surface area (Å²) >= 11 is 0. The third-order valence-electron chi connectivity index (χ3n) is 3.27. The molecule has 0 fully saturated rings. The molecule has 0 saturated heterocycles. The highest BCUT2D eigenvalue weighted by Gasteiger charge is 2.17. The number of para-hydroxylation sites is 1. The zero-order valence-electron chi connectivity index (χ0n) is 12.1. The number of sulfonamides is 1. The topological polar surface area (TPSA) is 66.4 Å². The number of benzene rings is 2. The fraction of sp³-hybridized carbons (Fsp3) is 0.250. The minimum atomic E-state index is -3.72. The number of aromatic hydroxyl groups is 1. The highest BCUT2D eigenvalue weighted by Crippen LogP contribution is 2.21. The zero-order chi connectivity index (χ0) is 15.5. The van der Waals surface area contributed by atoms with Gasteiger partial charge in [0.15, 0.2) is 0 Å². The summed E-state index contributed by atoms with van der Waals surface area (Å²) in [7, 11) is -3.72. The molecule has 112 valence electrons. The molecule has 2 N–H and O–H groups in total. The number of hydrogen-bond acceptors (Lipinski definition) is 3. The lowest BCUT2D eigenvalue weighted by Gasteiger charge is -2.09. The van der Waals surface area contributed by atoms with E-state index in [4.69, 9.17) is 0 Å². The van der Waals surface area contributed by atoms with Crippen LogP contribution >= 0.6 is 0 Å². The van der Waals surface area contributed by atoms with E-state index in [2.05, 4.69) is 18.6 Å². The first-order valence-electron chi connectivity index (χ1n) is 6.76. The molecule has 0 spiro atoms. The van der Waals surface area contributed by atoms with Crippen molar-refractivity contribution in [2.24, 2.45) is 0 Å². The molecule has 2 rings (SSSR count). The quantitative estimate of drug-likeness (QED) is 0.892. The maximum Gasteiger partial charge on any atom is 0.244 e. The molecule has 5 heteroatoms. The van der Waals surface area contributed by atoms with E-state index in [1.165, 1.54) is 17.7 Å². The number of hydrogen-bond donors (Lipinski definition) is 2. The fourth-order valence-corrected chi connectivity index (χ4v) is 3.07. The van der Waals surface area contributed by atoms with E-state index in [0.29, 0.717) is 5.92 Å². The average molecular weight is 305 g/mol. The second-order valence-corrected chi connectivity index (χ2v) is 6.92. The molecule has 2 aromatic carbocycles. The van der Waals surface area contributed by atoms with Gasteiger partial charge in [0.05, 0.1) is 0 Å². The molecule has 0 radical (unpaired) electrons. The van der Waals surface area contributed by atoms with Crippen molar-refractivity contribution in [3.63, 3.8) is 0 Å². The lowest BCUT2D eigenvalue weighted by Crippen LogP contribution is -2.23. The van der Waals surface area contributed by atoms with E-state index in [1.807, 2.05) is 24.3 Å². The number of rotatable bonds is 5. The molecule has 0 bridgehead atoms. The van der Waals surface area contributed by atoms with Crippen molar-refractivity contribution in [2.75, 3.05) is 0 Å². The monoisotopic (exact) mass is 305 g/mol. The summed E-state index contributed by atoms with van der Waals surface area (Å²) in [6, 6.07) is 13.7. The van der Waals surface area contributed by atoms with Crippen LogP contribution in [0.2, 0.25) is 0 Å². The Morgan fingerprint density at radius 3 is 2.24 bits per heavy atom. The summed E-state index contributed by atoms with van der Waals surface area (Å²) in [6.45, 7) is 4.40. The van der Waals surface area contributed by atoms with Gasteiger partial charge in [-0.1, -0.05) is 50.2 Å². The second kappa shape index (κ2) is 6.28. The molecule has 4 nitrogen and oxygen atoms in total. The van der Waals surface area contributed by atoms with Gasteiger partial charge in [-0.15, -0.1) is 0 Å². The fourth-order valence-electron chi connectivity index (χ4n) is 1.96. The van der Waals surface area contributed by atoms with E-state index in [1.54, 1.807) is 12.1 Å². The van der Waals surface area contributed by atoms with Gasteiger partial charge in [0.1, 0.15) is 10.6 Å². The predicted molar refractivity (Wildman–Crippen MR) is 82.7 cm³/mol. The summed E-state index contributed by atoms with van der Waals surface area (Å²) in [5.74, 6) is 0.192. The van der Waals surface area contributed by atoms with E-state index >= 15 is 0 Å². The standard InChI is InChI=1S/C16H19NO3S/c1-12(2)14-9-7-13(8-10-14)11-17-21(19,20)16-6-4-3-5-15(16)18/h3-10,12,17-18H,11H2,1-2H3. The van der Waals surface area contributed by atoms with Crippen molar-refractivity contribution in [1.29, 1.82) is 0 Å². The van der Waals surface area contributed by atoms with Gasteiger partial charge >= 0.3 is 0 Å².